The molecule has 192 valence electrons. The lowest BCUT2D eigenvalue weighted by atomic mass is 9.80. The van der Waals surface area contributed by atoms with E-state index in [2.05, 4.69) is 20.5 Å². The van der Waals surface area contributed by atoms with Crippen molar-refractivity contribution in [3.05, 3.63) is 87.0 Å². The fourth-order valence-electron chi connectivity index (χ4n) is 4.60. The molecule has 37 heavy (non-hydrogen) atoms. The zero-order valence-electron chi connectivity index (χ0n) is 20.7. The van der Waals surface area contributed by atoms with Crippen molar-refractivity contribution in [2.75, 3.05) is 57.2 Å². The number of carbonyl (C=O) groups is 2. The summed E-state index contributed by atoms with van der Waals surface area (Å²) in [5.74, 6) is -0.641. The van der Waals surface area contributed by atoms with E-state index in [4.69, 9.17) is 16.3 Å². The van der Waals surface area contributed by atoms with Crippen molar-refractivity contribution in [3.63, 3.8) is 0 Å². The zero-order chi connectivity index (χ0) is 25.9. The molecule has 1 atom stereocenters. The molecule has 8 nitrogen and oxygen atoms in total. The molecule has 0 saturated carbocycles. The largest absolute Gasteiger partial charge is 0.378 e. The Morgan fingerprint density at radius 2 is 1.95 bits per heavy atom. The maximum absolute atomic E-state index is 13.3. The van der Waals surface area contributed by atoms with E-state index >= 15 is 0 Å². The van der Waals surface area contributed by atoms with Crippen LogP contribution in [0.5, 0.6) is 0 Å². The summed E-state index contributed by atoms with van der Waals surface area (Å²) in [7, 11) is 3.42. The smallest absolute Gasteiger partial charge is 0.269 e. The number of carbonyl (C=O) groups excluding carboxylic acids is 2. The van der Waals surface area contributed by atoms with Crippen molar-refractivity contribution in [3.8, 4) is 0 Å². The number of ether oxygens (including phenoxy) is 1. The first kappa shape index (κ1) is 25.3. The standard InChI is InChI=1S/C27H28ClN5O3S/c1-32(2)26(35)24-20(15-29-25(34)22-16-30-27(37-22)33-10-12-36-13-11-33)23(17-6-4-3-5-7-17)19-9-8-18(28)14-21(19)31-24/h3-9,14,16,23,31H,10-13,15H2,1-2H3,(H,29,34). The fraction of sp³-hybridized carbons (Fsp3) is 0.296. The number of fused-ring (bicyclic) bond motifs is 1. The normalized spacial score (nSPS) is 17.2. The number of anilines is 2. The van der Waals surface area contributed by atoms with E-state index in [0.717, 1.165) is 40.6 Å². The second-order valence-corrected chi connectivity index (χ2v) is 10.5. The number of morpholine rings is 1. The predicted molar refractivity (Wildman–Crippen MR) is 147 cm³/mol. The van der Waals surface area contributed by atoms with E-state index in [9.17, 15) is 9.59 Å². The van der Waals surface area contributed by atoms with Gasteiger partial charge >= 0.3 is 0 Å². The lowest BCUT2D eigenvalue weighted by Gasteiger charge is -2.33. The van der Waals surface area contributed by atoms with Gasteiger partial charge in [-0.25, -0.2) is 4.98 Å². The average molecular weight is 538 g/mol. The number of halogens is 1. The summed E-state index contributed by atoms with van der Waals surface area (Å²) in [6, 6.07) is 15.6. The maximum atomic E-state index is 13.3. The van der Waals surface area contributed by atoms with Gasteiger partial charge in [-0.05, 0) is 28.8 Å². The van der Waals surface area contributed by atoms with Gasteiger partial charge in [-0.1, -0.05) is 59.3 Å². The first-order valence-corrected chi connectivity index (χ1v) is 13.2. The number of rotatable bonds is 6. The molecule has 10 heteroatoms. The van der Waals surface area contributed by atoms with Crippen LogP contribution >= 0.6 is 22.9 Å². The highest BCUT2D eigenvalue weighted by Crippen LogP contribution is 2.42. The van der Waals surface area contributed by atoms with Gasteiger partial charge in [0.05, 0.1) is 19.4 Å². The number of nitrogens with zero attached hydrogens (tertiary/aromatic N) is 3. The third-order valence-electron chi connectivity index (χ3n) is 6.45. The molecule has 2 amide bonds. The predicted octanol–water partition coefficient (Wildman–Crippen LogP) is 3.96. The number of likely N-dealkylation sites (N-methyl/N-ethyl adjacent to an activating group) is 1. The summed E-state index contributed by atoms with van der Waals surface area (Å²) in [6.45, 7) is 3.00. The van der Waals surface area contributed by atoms with Crippen molar-refractivity contribution in [2.24, 2.45) is 0 Å². The molecule has 1 aromatic heterocycles. The summed E-state index contributed by atoms with van der Waals surface area (Å²) in [5.41, 5.74) is 4.01. The first-order valence-electron chi connectivity index (χ1n) is 12.0. The van der Waals surface area contributed by atoms with Gasteiger partial charge in [0.2, 0.25) is 0 Å². The van der Waals surface area contributed by atoms with Gasteiger partial charge in [-0.3, -0.25) is 9.59 Å². The van der Waals surface area contributed by atoms with Crippen molar-refractivity contribution in [1.29, 1.82) is 0 Å². The van der Waals surface area contributed by atoms with Gasteiger partial charge in [-0.15, -0.1) is 0 Å². The molecule has 3 aromatic rings. The quantitative estimate of drug-likeness (QED) is 0.495. The van der Waals surface area contributed by atoms with Crippen LogP contribution in [0.15, 0.2) is 66.0 Å². The third-order valence-corrected chi connectivity index (χ3v) is 7.74. The summed E-state index contributed by atoms with van der Waals surface area (Å²) in [4.78, 5) is 35.1. The molecule has 0 spiro atoms. The molecule has 0 radical (unpaired) electrons. The summed E-state index contributed by atoms with van der Waals surface area (Å²) < 4.78 is 5.41. The number of hydrogen-bond donors (Lipinski definition) is 2. The molecule has 2 N–H and O–H groups in total. The van der Waals surface area contributed by atoms with Gasteiger partial charge in [0.1, 0.15) is 10.6 Å². The van der Waals surface area contributed by atoms with Gasteiger partial charge in [-0.2, -0.15) is 0 Å². The molecule has 2 aliphatic heterocycles. The Balaban J connectivity index is 1.47. The molecule has 0 aliphatic carbocycles. The molecule has 1 saturated heterocycles. The van der Waals surface area contributed by atoms with Crippen LogP contribution in [0.4, 0.5) is 10.8 Å². The van der Waals surface area contributed by atoms with Crippen LogP contribution in [0.25, 0.3) is 0 Å². The van der Waals surface area contributed by atoms with E-state index in [-0.39, 0.29) is 24.3 Å². The molecule has 2 aromatic carbocycles. The first-order chi connectivity index (χ1) is 17.9. The highest BCUT2D eigenvalue weighted by atomic mass is 35.5. The van der Waals surface area contributed by atoms with Crippen molar-refractivity contribution >= 4 is 45.6 Å². The summed E-state index contributed by atoms with van der Waals surface area (Å²) in [5, 5.41) is 7.73. The Bertz CT molecular complexity index is 1330. The minimum Gasteiger partial charge on any atom is -0.378 e. The van der Waals surface area contributed by atoms with Crippen LogP contribution in [0, 0.1) is 0 Å². The second kappa shape index (κ2) is 10.9. The number of aromatic nitrogens is 1. The van der Waals surface area contributed by atoms with Crippen molar-refractivity contribution in [2.45, 2.75) is 5.92 Å². The van der Waals surface area contributed by atoms with Crippen LogP contribution in [0.3, 0.4) is 0 Å². The van der Waals surface area contributed by atoms with Crippen molar-refractivity contribution in [1.82, 2.24) is 15.2 Å². The molecule has 3 heterocycles. The molecule has 2 aliphatic rings. The Labute approximate surface area is 224 Å². The summed E-state index contributed by atoms with van der Waals surface area (Å²) in [6.07, 6.45) is 1.61. The third kappa shape index (κ3) is 5.34. The van der Waals surface area contributed by atoms with E-state index < -0.39 is 0 Å². The lowest BCUT2D eigenvalue weighted by molar-refractivity contribution is -0.124. The monoisotopic (exact) mass is 537 g/mol. The fourth-order valence-corrected chi connectivity index (χ4v) is 5.66. The minimum atomic E-state index is -0.237. The van der Waals surface area contributed by atoms with E-state index in [1.807, 2.05) is 48.5 Å². The number of nitrogens with one attached hydrogen (secondary N) is 2. The van der Waals surface area contributed by atoms with E-state index in [1.165, 1.54) is 16.2 Å². The maximum Gasteiger partial charge on any atom is 0.269 e. The number of hydrogen-bond acceptors (Lipinski definition) is 7. The number of amides is 2. The Kier molecular flexibility index (Phi) is 7.45. The minimum absolute atomic E-state index is 0.178. The average Bonchev–Trinajstić information content (AvgIpc) is 3.42. The van der Waals surface area contributed by atoms with Gasteiger partial charge < -0.3 is 25.2 Å². The molecular formula is C27H28ClN5O3S. The van der Waals surface area contributed by atoms with Gasteiger partial charge in [0.25, 0.3) is 11.8 Å². The number of thiazole rings is 1. The lowest BCUT2D eigenvalue weighted by Crippen LogP contribution is -2.36. The Morgan fingerprint density at radius 3 is 2.68 bits per heavy atom. The number of benzene rings is 2. The molecule has 0 bridgehead atoms. The van der Waals surface area contributed by atoms with Crippen LogP contribution in [-0.4, -0.2) is 68.6 Å². The van der Waals surface area contributed by atoms with Gasteiger partial charge in [0.15, 0.2) is 5.13 Å². The Morgan fingerprint density at radius 1 is 1.19 bits per heavy atom. The van der Waals surface area contributed by atoms with Crippen LogP contribution < -0.4 is 15.5 Å². The second-order valence-electron chi connectivity index (χ2n) is 9.09. The van der Waals surface area contributed by atoms with Crippen LogP contribution in [0.2, 0.25) is 5.02 Å². The highest BCUT2D eigenvalue weighted by molar-refractivity contribution is 7.17. The molecule has 5 rings (SSSR count). The van der Waals surface area contributed by atoms with E-state index in [1.54, 1.807) is 20.3 Å². The molecule has 1 fully saturated rings. The van der Waals surface area contributed by atoms with E-state index in [0.29, 0.717) is 28.8 Å². The van der Waals surface area contributed by atoms with Crippen molar-refractivity contribution < 1.29 is 14.3 Å². The SMILES string of the molecule is CN(C)C(=O)C1=C(CNC(=O)c2cnc(N3CCOCC3)s2)C(c2ccccc2)c2ccc(Cl)cc2N1. The Hall–Kier alpha value is -3.40. The topological polar surface area (TPSA) is 86.8 Å². The zero-order valence-corrected chi connectivity index (χ0v) is 22.2. The summed E-state index contributed by atoms with van der Waals surface area (Å²) >= 11 is 7.66. The molecular weight excluding hydrogens is 510 g/mol. The highest BCUT2D eigenvalue weighted by Gasteiger charge is 2.33. The van der Waals surface area contributed by atoms with Crippen LogP contribution in [0.1, 0.15) is 26.7 Å². The van der Waals surface area contributed by atoms with Gasteiger partial charge in [0, 0.05) is 50.4 Å². The molecule has 1 unspecified atom stereocenters. The van der Waals surface area contributed by atoms with Crippen LogP contribution in [-0.2, 0) is 9.53 Å².